The Bertz CT molecular complexity index is 1300. The predicted octanol–water partition coefficient (Wildman–Crippen LogP) is 4.31. The van der Waals surface area contributed by atoms with Gasteiger partial charge in [0.2, 0.25) is 0 Å². The number of fused-ring (bicyclic) bond motifs is 1. The van der Waals surface area contributed by atoms with Crippen LogP contribution in [0.5, 0.6) is 5.75 Å². The van der Waals surface area contributed by atoms with Crippen molar-refractivity contribution in [3.8, 4) is 5.75 Å². The first-order valence-corrected chi connectivity index (χ1v) is 9.45. The van der Waals surface area contributed by atoms with Crippen LogP contribution in [0.3, 0.4) is 0 Å². The molecule has 4 aromatic rings. The fraction of sp³-hybridized carbons (Fsp3) is 0.0952. The summed E-state index contributed by atoms with van der Waals surface area (Å²) in [5.41, 5.74) is 0.677. The van der Waals surface area contributed by atoms with Crippen LogP contribution in [0, 0.1) is 18.6 Å². The van der Waals surface area contributed by atoms with Gasteiger partial charge in [-0.1, -0.05) is 24.3 Å². The molecule has 0 unspecified atom stereocenters. The summed E-state index contributed by atoms with van der Waals surface area (Å²) >= 11 is 1.01. The van der Waals surface area contributed by atoms with Crippen molar-refractivity contribution in [2.45, 2.75) is 13.5 Å². The van der Waals surface area contributed by atoms with E-state index in [1.165, 1.54) is 41.2 Å². The van der Waals surface area contributed by atoms with Crippen molar-refractivity contribution >= 4 is 27.5 Å². The van der Waals surface area contributed by atoms with E-state index in [-0.39, 0.29) is 28.1 Å². The van der Waals surface area contributed by atoms with Crippen molar-refractivity contribution in [2.24, 2.45) is 0 Å². The summed E-state index contributed by atoms with van der Waals surface area (Å²) in [5.74, 6) is -2.00. The van der Waals surface area contributed by atoms with E-state index in [1.54, 1.807) is 25.1 Å². The Hall–Kier alpha value is -3.39. The van der Waals surface area contributed by atoms with Crippen molar-refractivity contribution in [3.05, 3.63) is 92.9 Å². The molecule has 8 heteroatoms. The summed E-state index contributed by atoms with van der Waals surface area (Å²) < 4.78 is 33.7. The van der Waals surface area contributed by atoms with Crippen molar-refractivity contribution in [1.29, 1.82) is 0 Å². The molecule has 0 saturated heterocycles. The lowest BCUT2D eigenvalue weighted by atomic mass is 10.2. The van der Waals surface area contributed by atoms with Gasteiger partial charge in [0.05, 0.1) is 18.3 Å². The smallest absolute Gasteiger partial charge is 0.354 e. The maximum absolute atomic E-state index is 13.8. The van der Waals surface area contributed by atoms with Crippen LogP contribution < -0.4 is 10.3 Å². The fourth-order valence-corrected chi connectivity index (χ4v) is 3.99. The molecule has 0 aliphatic carbocycles. The van der Waals surface area contributed by atoms with Gasteiger partial charge in [-0.25, -0.2) is 18.6 Å². The number of para-hydroxylation sites is 1. The van der Waals surface area contributed by atoms with Gasteiger partial charge < -0.3 is 4.74 Å². The highest BCUT2D eigenvalue weighted by molar-refractivity contribution is 7.20. The second-order valence-electron chi connectivity index (χ2n) is 6.36. The number of halogens is 2. The van der Waals surface area contributed by atoms with Crippen LogP contribution in [0.2, 0.25) is 0 Å². The lowest BCUT2D eigenvalue weighted by Crippen LogP contribution is -2.21. The standard InChI is InChI=1S/C21H14F2N2O3S/c1-12-17-19(29-18(12)21(27)28-16-8-3-2-7-15(16)23)24-11-25(20(17)26)10-13-5-4-6-14(22)9-13/h2-9,11H,10H2,1H3. The summed E-state index contributed by atoms with van der Waals surface area (Å²) in [6.45, 7) is 1.76. The van der Waals surface area contributed by atoms with Crippen molar-refractivity contribution in [2.75, 3.05) is 0 Å². The number of aryl methyl sites for hydroxylation is 1. The molecule has 4 rings (SSSR count). The van der Waals surface area contributed by atoms with Crippen molar-refractivity contribution in [3.63, 3.8) is 0 Å². The molecule has 0 spiro atoms. The lowest BCUT2D eigenvalue weighted by Gasteiger charge is -2.06. The van der Waals surface area contributed by atoms with Gasteiger partial charge >= 0.3 is 5.97 Å². The van der Waals surface area contributed by atoms with E-state index >= 15 is 0 Å². The first-order valence-electron chi connectivity index (χ1n) is 8.63. The highest BCUT2D eigenvalue weighted by Gasteiger charge is 2.22. The van der Waals surface area contributed by atoms with E-state index in [2.05, 4.69) is 4.98 Å². The van der Waals surface area contributed by atoms with E-state index in [1.807, 2.05) is 0 Å². The summed E-state index contributed by atoms with van der Waals surface area (Å²) in [5, 5.41) is 0.286. The Balaban J connectivity index is 1.70. The van der Waals surface area contributed by atoms with Gasteiger partial charge in [-0.15, -0.1) is 11.3 Å². The largest absolute Gasteiger partial charge is 0.419 e. The van der Waals surface area contributed by atoms with Gasteiger partial charge in [0.25, 0.3) is 5.56 Å². The molecule has 0 aliphatic rings. The van der Waals surface area contributed by atoms with Gasteiger partial charge in [-0.05, 0) is 42.3 Å². The zero-order valence-corrected chi connectivity index (χ0v) is 16.0. The number of ether oxygens (including phenoxy) is 1. The number of esters is 1. The number of thiophene rings is 1. The molecule has 0 fully saturated rings. The van der Waals surface area contributed by atoms with Crippen LogP contribution in [-0.2, 0) is 6.54 Å². The molecule has 0 atom stereocenters. The van der Waals surface area contributed by atoms with Crippen LogP contribution in [0.15, 0.2) is 59.7 Å². The molecule has 0 N–H and O–H groups in total. The number of rotatable bonds is 4. The normalized spacial score (nSPS) is 11.0. The highest BCUT2D eigenvalue weighted by atomic mass is 32.1. The van der Waals surface area contributed by atoms with Crippen molar-refractivity contribution in [1.82, 2.24) is 9.55 Å². The predicted molar refractivity (Wildman–Crippen MR) is 105 cm³/mol. The van der Waals surface area contributed by atoms with Crippen molar-refractivity contribution < 1.29 is 18.3 Å². The molecule has 5 nitrogen and oxygen atoms in total. The minimum Gasteiger partial charge on any atom is -0.419 e. The van der Waals surface area contributed by atoms with E-state index in [0.29, 0.717) is 16.0 Å². The second kappa shape index (κ2) is 7.56. The Labute approximate surface area is 167 Å². The minimum absolute atomic E-state index is 0.143. The average Bonchev–Trinajstić information content (AvgIpc) is 3.03. The number of nitrogens with zero attached hydrogens (tertiary/aromatic N) is 2. The summed E-state index contributed by atoms with van der Waals surface area (Å²) in [6, 6.07) is 11.5. The first-order chi connectivity index (χ1) is 13.9. The Morgan fingerprint density at radius 1 is 1.17 bits per heavy atom. The number of hydrogen-bond donors (Lipinski definition) is 0. The molecule has 2 aromatic heterocycles. The molecular weight excluding hydrogens is 398 g/mol. The molecule has 146 valence electrons. The molecule has 0 amide bonds. The quantitative estimate of drug-likeness (QED) is 0.370. The summed E-state index contributed by atoms with van der Waals surface area (Å²) in [4.78, 5) is 30.2. The Kier molecular flexibility index (Phi) is 4.94. The monoisotopic (exact) mass is 412 g/mol. The third-order valence-corrected chi connectivity index (χ3v) is 5.56. The van der Waals surface area contributed by atoms with E-state index in [4.69, 9.17) is 4.74 Å². The topological polar surface area (TPSA) is 61.2 Å². The SMILES string of the molecule is Cc1c(C(=O)Oc2ccccc2F)sc2ncn(Cc3cccc(F)c3)c(=O)c12. The molecule has 29 heavy (non-hydrogen) atoms. The van der Waals surface area contributed by atoms with Gasteiger partial charge in [0, 0.05) is 0 Å². The molecule has 2 heterocycles. The zero-order valence-electron chi connectivity index (χ0n) is 15.2. The molecule has 0 radical (unpaired) electrons. The van der Waals surface area contributed by atoms with Crippen LogP contribution in [0.4, 0.5) is 8.78 Å². The van der Waals surface area contributed by atoms with Gasteiger partial charge in [0.15, 0.2) is 11.6 Å². The molecule has 0 aliphatic heterocycles. The fourth-order valence-electron chi connectivity index (χ4n) is 2.97. The van der Waals surface area contributed by atoms with E-state index < -0.39 is 17.6 Å². The first kappa shape index (κ1) is 18.9. The highest BCUT2D eigenvalue weighted by Crippen LogP contribution is 2.28. The number of carbonyl (C=O) groups excluding carboxylic acids is 1. The second-order valence-corrected chi connectivity index (χ2v) is 7.36. The third kappa shape index (κ3) is 3.66. The lowest BCUT2D eigenvalue weighted by molar-refractivity contribution is 0.0732. The van der Waals surface area contributed by atoms with E-state index in [0.717, 1.165) is 11.3 Å². The molecule has 2 aromatic carbocycles. The summed E-state index contributed by atoms with van der Waals surface area (Å²) in [7, 11) is 0. The Morgan fingerprint density at radius 3 is 2.72 bits per heavy atom. The van der Waals surface area contributed by atoms with Gasteiger partial charge in [-0.2, -0.15) is 0 Å². The Morgan fingerprint density at radius 2 is 1.97 bits per heavy atom. The maximum Gasteiger partial charge on any atom is 0.354 e. The average molecular weight is 412 g/mol. The molecule has 0 saturated carbocycles. The zero-order chi connectivity index (χ0) is 20.5. The maximum atomic E-state index is 13.8. The molecule has 0 bridgehead atoms. The van der Waals surface area contributed by atoms with E-state index in [9.17, 15) is 18.4 Å². The van der Waals surface area contributed by atoms with Crippen LogP contribution >= 0.6 is 11.3 Å². The minimum atomic E-state index is -0.758. The third-order valence-electron chi connectivity index (χ3n) is 4.38. The van der Waals surface area contributed by atoms with Gasteiger partial charge in [0.1, 0.15) is 15.5 Å². The number of aromatic nitrogens is 2. The van der Waals surface area contributed by atoms with Crippen LogP contribution in [-0.4, -0.2) is 15.5 Å². The number of benzene rings is 2. The van der Waals surface area contributed by atoms with Crippen LogP contribution in [0.1, 0.15) is 20.8 Å². The molecular formula is C21H14F2N2O3S. The summed E-state index contributed by atoms with van der Waals surface area (Å²) in [6.07, 6.45) is 1.36. The van der Waals surface area contributed by atoms with Crippen LogP contribution in [0.25, 0.3) is 10.2 Å². The number of carbonyl (C=O) groups is 1. The van der Waals surface area contributed by atoms with Gasteiger partial charge in [-0.3, -0.25) is 9.36 Å². The number of hydrogen-bond acceptors (Lipinski definition) is 5.